The average Bonchev–Trinajstić information content (AvgIpc) is 2.87. The van der Waals surface area contributed by atoms with E-state index < -0.39 is 0 Å². The van der Waals surface area contributed by atoms with Crippen molar-refractivity contribution < 1.29 is 14.6 Å². The van der Waals surface area contributed by atoms with Gasteiger partial charge in [0.15, 0.2) is 0 Å². The van der Waals surface area contributed by atoms with E-state index in [4.69, 9.17) is 4.74 Å². The Bertz CT molecular complexity index is 407. The van der Waals surface area contributed by atoms with Crippen LogP contribution in [0.15, 0.2) is 30.3 Å². The summed E-state index contributed by atoms with van der Waals surface area (Å²) in [6.07, 6.45) is 0.770. The summed E-state index contributed by atoms with van der Waals surface area (Å²) in [7, 11) is 0. The van der Waals surface area contributed by atoms with Crippen molar-refractivity contribution in [3.8, 4) is 0 Å². The van der Waals surface area contributed by atoms with Gasteiger partial charge in [0.05, 0.1) is 18.6 Å². The van der Waals surface area contributed by atoms with Crippen LogP contribution >= 0.6 is 0 Å². The molecule has 0 radical (unpaired) electrons. The highest BCUT2D eigenvalue weighted by Gasteiger charge is 2.30. The fraction of sp³-hybridized carbons (Fsp3) is 0.533. The van der Waals surface area contributed by atoms with Crippen LogP contribution in [0.4, 0.5) is 0 Å². The van der Waals surface area contributed by atoms with Crippen LogP contribution in [0, 0.1) is 5.92 Å². The summed E-state index contributed by atoms with van der Waals surface area (Å²) in [6.45, 7) is 3.07. The van der Waals surface area contributed by atoms with Gasteiger partial charge in [-0.3, -0.25) is 4.79 Å². The lowest BCUT2D eigenvalue weighted by Gasteiger charge is -2.18. The molecule has 1 heterocycles. The number of carbonyl (C=O) groups is 1. The van der Waals surface area contributed by atoms with Gasteiger partial charge in [-0.2, -0.15) is 0 Å². The van der Waals surface area contributed by atoms with E-state index in [2.05, 4.69) is 5.32 Å². The fourth-order valence-electron chi connectivity index (χ4n) is 2.44. The van der Waals surface area contributed by atoms with Crippen molar-refractivity contribution in [2.75, 3.05) is 19.8 Å². The maximum absolute atomic E-state index is 12.0. The topological polar surface area (TPSA) is 58.6 Å². The molecule has 1 aliphatic rings. The molecule has 0 spiro atoms. The summed E-state index contributed by atoms with van der Waals surface area (Å²) < 4.78 is 5.39. The van der Waals surface area contributed by atoms with E-state index in [-0.39, 0.29) is 30.5 Å². The third kappa shape index (κ3) is 3.55. The Kier molecular flexibility index (Phi) is 4.93. The molecule has 104 valence electrons. The first kappa shape index (κ1) is 14.0. The van der Waals surface area contributed by atoms with E-state index in [1.165, 1.54) is 0 Å². The predicted molar refractivity (Wildman–Crippen MR) is 72.8 cm³/mol. The van der Waals surface area contributed by atoms with Gasteiger partial charge in [-0.1, -0.05) is 30.3 Å². The quantitative estimate of drug-likeness (QED) is 0.842. The average molecular weight is 263 g/mol. The van der Waals surface area contributed by atoms with Gasteiger partial charge in [-0.25, -0.2) is 0 Å². The standard InChI is InChI=1S/C15H21NO3/c1-11-14(7-8-19-11)15(18)16-9-13(10-17)12-5-3-2-4-6-12/h2-6,11,13-14,17H,7-10H2,1H3,(H,16,18). The molecule has 3 atom stereocenters. The maximum Gasteiger partial charge on any atom is 0.225 e. The van der Waals surface area contributed by atoms with Gasteiger partial charge in [-0.05, 0) is 18.9 Å². The Morgan fingerprint density at radius 2 is 2.21 bits per heavy atom. The smallest absolute Gasteiger partial charge is 0.225 e. The van der Waals surface area contributed by atoms with Crippen LogP contribution in [0.3, 0.4) is 0 Å². The zero-order valence-electron chi connectivity index (χ0n) is 11.2. The van der Waals surface area contributed by atoms with E-state index in [0.717, 1.165) is 12.0 Å². The molecule has 1 amide bonds. The van der Waals surface area contributed by atoms with E-state index in [1.54, 1.807) is 0 Å². The second kappa shape index (κ2) is 6.68. The molecule has 1 aliphatic heterocycles. The highest BCUT2D eigenvalue weighted by atomic mass is 16.5. The largest absolute Gasteiger partial charge is 0.396 e. The minimum absolute atomic E-state index is 0.00991. The Morgan fingerprint density at radius 3 is 2.79 bits per heavy atom. The molecule has 0 bridgehead atoms. The maximum atomic E-state index is 12.0. The molecule has 19 heavy (non-hydrogen) atoms. The minimum atomic E-state index is -0.0601. The monoisotopic (exact) mass is 263 g/mol. The van der Waals surface area contributed by atoms with Gasteiger partial charge >= 0.3 is 0 Å². The lowest BCUT2D eigenvalue weighted by atomic mass is 9.98. The first-order valence-electron chi connectivity index (χ1n) is 6.77. The number of amides is 1. The van der Waals surface area contributed by atoms with E-state index in [1.807, 2.05) is 37.3 Å². The van der Waals surface area contributed by atoms with Crippen molar-refractivity contribution in [3.63, 3.8) is 0 Å². The van der Waals surface area contributed by atoms with Gasteiger partial charge in [0.25, 0.3) is 0 Å². The molecule has 0 aliphatic carbocycles. The lowest BCUT2D eigenvalue weighted by molar-refractivity contribution is -0.126. The number of nitrogens with one attached hydrogen (secondary N) is 1. The summed E-state index contributed by atoms with van der Waals surface area (Å²) >= 11 is 0. The van der Waals surface area contributed by atoms with Crippen LogP contribution in [0.5, 0.6) is 0 Å². The Hall–Kier alpha value is -1.39. The lowest BCUT2D eigenvalue weighted by Crippen LogP contribution is -2.37. The number of hydrogen-bond donors (Lipinski definition) is 2. The molecule has 1 fully saturated rings. The third-order valence-corrected chi connectivity index (χ3v) is 3.73. The summed E-state index contributed by atoms with van der Waals surface area (Å²) in [5.41, 5.74) is 1.04. The van der Waals surface area contributed by atoms with Crippen LogP contribution in [-0.2, 0) is 9.53 Å². The highest BCUT2D eigenvalue weighted by molar-refractivity contribution is 5.79. The Labute approximate surface area is 113 Å². The number of aliphatic hydroxyl groups is 1. The van der Waals surface area contributed by atoms with Crippen molar-refractivity contribution in [1.82, 2.24) is 5.32 Å². The Balaban J connectivity index is 1.88. The van der Waals surface area contributed by atoms with E-state index in [9.17, 15) is 9.90 Å². The summed E-state index contributed by atoms with van der Waals surface area (Å²) in [4.78, 5) is 12.0. The normalized spacial score (nSPS) is 24.1. The molecule has 1 aromatic carbocycles. The second-order valence-corrected chi connectivity index (χ2v) is 5.01. The summed E-state index contributed by atoms with van der Waals surface area (Å²) in [6, 6.07) is 9.75. The molecule has 0 saturated carbocycles. The van der Waals surface area contributed by atoms with Crippen LogP contribution in [0.25, 0.3) is 0 Å². The van der Waals surface area contributed by atoms with Crippen molar-refractivity contribution in [2.45, 2.75) is 25.4 Å². The molecule has 0 aromatic heterocycles. The Morgan fingerprint density at radius 1 is 1.47 bits per heavy atom. The molecule has 4 nitrogen and oxygen atoms in total. The number of benzene rings is 1. The molecule has 3 unspecified atom stereocenters. The highest BCUT2D eigenvalue weighted by Crippen LogP contribution is 2.21. The SMILES string of the molecule is CC1OCCC1C(=O)NCC(CO)c1ccccc1. The van der Waals surface area contributed by atoms with Crippen molar-refractivity contribution in [2.24, 2.45) is 5.92 Å². The number of hydrogen-bond acceptors (Lipinski definition) is 3. The number of ether oxygens (including phenoxy) is 1. The van der Waals surface area contributed by atoms with Crippen molar-refractivity contribution in [3.05, 3.63) is 35.9 Å². The first-order chi connectivity index (χ1) is 9.22. The number of carbonyl (C=O) groups excluding carboxylic acids is 1. The van der Waals surface area contributed by atoms with E-state index >= 15 is 0 Å². The van der Waals surface area contributed by atoms with Gasteiger partial charge in [-0.15, -0.1) is 0 Å². The van der Waals surface area contributed by atoms with Crippen LogP contribution in [0.1, 0.15) is 24.8 Å². The summed E-state index contributed by atoms with van der Waals surface area (Å²) in [5.74, 6) is -0.0859. The molecule has 2 rings (SSSR count). The fourth-order valence-corrected chi connectivity index (χ4v) is 2.44. The number of aliphatic hydroxyl groups excluding tert-OH is 1. The van der Waals surface area contributed by atoms with E-state index in [0.29, 0.717) is 13.2 Å². The van der Waals surface area contributed by atoms with Gasteiger partial charge < -0.3 is 15.2 Å². The zero-order chi connectivity index (χ0) is 13.7. The molecule has 2 N–H and O–H groups in total. The molecule has 1 aromatic rings. The number of rotatable bonds is 5. The molecule has 1 saturated heterocycles. The van der Waals surface area contributed by atoms with Gasteiger partial charge in [0.1, 0.15) is 0 Å². The molecule has 4 heteroatoms. The van der Waals surface area contributed by atoms with Crippen LogP contribution in [-0.4, -0.2) is 36.9 Å². The molecular weight excluding hydrogens is 242 g/mol. The minimum Gasteiger partial charge on any atom is -0.396 e. The third-order valence-electron chi connectivity index (χ3n) is 3.73. The van der Waals surface area contributed by atoms with Crippen molar-refractivity contribution >= 4 is 5.91 Å². The second-order valence-electron chi connectivity index (χ2n) is 5.01. The van der Waals surface area contributed by atoms with Crippen LogP contribution < -0.4 is 5.32 Å². The van der Waals surface area contributed by atoms with Crippen LogP contribution in [0.2, 0.25) is 0 Å². The predicted octanol–water partition coefficient (Wildman–Crippen LogP) is 1.30. The van der Waals surface area contributed by atoms with Gasteiger partial charge in [0, 0.05) is 19.1 Å². The summed E-state index contributed by atoms with van der Waals surface area (Å²) in [5, 5.41) is 12.4. The van der Waals surface area contributed by atoms with Crippen molar-refractivity contribution in [1.29, 1.82) is 0 Å². The first-order valence-corrected chi connectivity index (χ1v) is 6.77. The van der Waals surface area contributed by atoms with Gasteiger partial charge in [0.2, 0.25) is 5.91 Å². The zero-order valence-corrected chi connectivity index (χ0v) is 11.2. The molecular formula is C15H21NO3.